The molecule has 0 unspecified atom stereocenters. The van der Waals surface area contributed by atoms with Gasteiger partial charge in [-0.25, -0.2) is 9.59 Å². The second kappa shape index (κ2) is 6.66. The van der Waals surface area contributed by atoms with Crippen molar-refractivity contribution in [1.82, 2.24) is 9.97 Å². The monoisotopic (exact) mass is 345 g/mol. The second-order valence-corrected chi connectivity index (χ2v) is 7.54. The van der Waals surface area contributed by atoms with Gasteiger partial charge in [0.2, 0.25) is 0 Å². The fourth-order valence-corrected chi connectivity index (χ4v) is 2.09. The molecule has 0 saturated heterocycles. The first-order valence-electron chi connectivity index (χ1n) is 7.93. The summed E-state index contributed by atoms with van der Waals surface area (Å²) in [7, 11) is 0. The number of ether oxygens (including phenoxy) is 2. The maximum atomic E-state index is 12.7. The molecule has 1 aromatic heterocycles. The first-order valence-corrected chi connectivity index (χ1v) is 7.93. The Kier molecular flexibility index (Phi) is 4.97. The highest BCUT2D eigenvalue weighted by Gasteiger charge is 2.25. The molecule has 7 nitrogen and oxygen atoms in total. The van der Waals surface area contributed by atoms with Crippen LogP contribution in [-0.2, 0) is 9.47 Å². The molecule has 0 fully saturated rings. The number of carbonyl (C=O) groups is 2. The van der Waals surface area contributed by atoms with Crippen LogP contribution in [0.3, 0.4) is 0 Å². The molecule has 25 heavy (non-hydrogen) atoms. The predicted octanol–water partition coefficient (Wildman–Crippen LogP) is 3.93. The summed E-state index contributed by atoms with van der Waals surface area (Å²) in [6.45, 7) is 10.6. The van der Waals surface area contributed by atoms with E-state index in [1.54, 1.807) is 53.7 Å². The van der Waals surface area contributed by atoms with Crippen LogP contribution in [0.15, 0.2) is 24.5 Å². The van der Waals surface area contributed by atoms with Crippen LogP contribution >= 0.6 is 0 Å². The highest BCUT2D eigenvalue weighted by molar-refractivity contribution is 6.09. The Morgan fingerprint density at radius 3 is 2.12 bits per heavy atom. The molecule has 1 heterocycles. The lowest BCUT2D eigenvalue weighted by molar-refractivity contribution is 0.00728. The molecule has 0 radical (unpaired) electrons. The van der Waals surface area contributed by atoms with Crippen molar-refractivity contribution in [2.75, 3.05) is 5.32 Å². The van der Waals surface area contributed by atoms with E-state index >= 15 is 0 Å². The number of hydrogen-bond donors (Lipinski definition) is 1. The Bertz CT molecular complexity index is 804. The van der Waals surface area contributed by atoms with Gasteiger partial charge < -0.3 is 9.47 Å². The predicted molar refractivity (Wildman–Crippen MR) is 94.6 cm³/mol. The topological polar surface area (TPSA) is 90.4 Å². The van der Waals surface area contributed by atoms with E-state index in [0.29, 0.717) is 11.0 Å². The van der Waals surface area contributed by atoms with Gasteiger partial charge in [-0.05, 0) is 53.7 Å². The lowest BCUT2D eigenvalue weighted by Crippen LogP contribution is -2.29. The molecule has 1 amide bonds. The van der Waals surface area contributed by atoms with Gasteiger partial charge in [0.25, 0.3) is 0 Å². The van der Waals surface area contributed by atoms with Crippen LogP contribution in [-0.4, -0.2) is 33.2 Å². The third-order valence-electron chi connectivity index (χ3n) is 2.88. The van der Waals surface area contributed by atoms with E-state index in [1.807, 2.05) is 0 Å². The van der Waals surface area contributed by atoms with Crippen molar-refractivity contribution < 1.29 is 19.1 Å². The number of amides is 1. The summed E-state index contributed by atoms with van der Waals surface area (Å²) in [4.78, 5) is 33.2. The number of nitrogens with zero attached hydrogens (tertiary/aromatic N) is 2. The Morgan fingerprint density at radius 1 is 0.920 bits per heavy atom. The lowest BCUT2D eigenvalue weighted by Gasteiger charge is -2.22. The average Bonchev–Trinajstić information content (AvgIpc) is 2.42. The normalized spacial score (nSPS) is 11.9. The second-order valence-electron chi connectivity index (χ2n) is 7.54. The molecule has 0 aliphatic carbocycles. The molecule has 134 valence electrons. The van der Waals surface area contributed by atoms with Crippen LogP contribution in [0.25, 0.3) is 11.0 Å². The standard InChI is InChI=1S/C18H23N3O4/c1-17(2,3)24-15(22)13-11(21-16(23)25-18(4,5)6)7-8-12-14(13)20-10-9-19-12/h7-10H,1-6H3,(H,21,23). The number of aromatic nitrogens is 2. The summed E-state index contributed by atoms with van der Waals surface area (Å²) in [6.07, 6.45) is 2.34. The minimum absolute atomic E-state index is 0.145. The van der Waals surface area contributed by atoms with Crippen LogP contribution in [0, 0.1) is 0 Å². The number of anilines is 1. The third-order valence-corrected chi connectivity index (χ3v) is 2.88. The van der Waals surface area contributed by atoms with Gasteiger partial charge in [-0.3, -0.25) is 15.3 Å². The van der Waals surface area contributed by atoms with Gasteiger partial charge in [-0.1, -0.05) is 0 Å². The van der Waals surface area contributed by atoms with E-state index in [1.165, 1.54) is 12.4 Å². The van der Waals surface area contributed by atoms with Crippen molar-refractivity contribution in [3.05, 3.63) is 30.1 Å². The SMILES string of the molecule is CC(C)(C)OC(=O)Nc1ccc2nccnc2c1C(=O)OC(C)(C)C. The van der Waals surface area contributed by atoms with Crippen LogP contribution in [0.2, 0.25) is 0 Å². The summed E-state index contributed by atoms with van der Waals surface area (Å²) in [5, 5.41) is 2.60. The maximum absolute atomic E-state index is 12.7. The van der Waals surface area contributed by atoms with E-state index in [2.05, 4.69) is 15.3 Å². The van der Waals surface area contributed by atoms with Gasteiger partial charge in [-0.2, -0.15) is 0 Å². The molecule has 1 aromatic carbocycles. The Hall–Kier alpha value is -2.70. The number of benzene rings is 1. The van der Waals surface area contributed by atoms with Gasteiger partial charge in [0.15, 0.2) is 0 Å². The van der Waals surface area contributed by atoms with Crippen LogP contribution in [0.1, 0.15) is 51.9 Å². The number of hydrogen-bond acceptors (Lipinski definition) is 6. The number of carbonyl (C=O) groups excluding carboxylic acids is 2. The van der Waals surface area contributed by atoms with Crippen molar-refractivity contribution in [3.8, 4) is 0 Å². The molecule has 0 atom stereocenters. The highest BCUT2D eigenvalue weighted by Crippen LogP contribution is 2.26. The molecule has 7 heteroatoms. The summed E-state index contributed by atoms with van der Waals surface area (Å²) in [5.74, 6) is -0.593. The number of fused-ring (bicyclic) bond motifs is 1. The van der Waals surface area contributed by atoms with Gasteiger partial charge in [0.05, 0.1) is 11.2 Å². The number of rotatable bonds is 2. The average molecular weight is 345 g/mol. The fourth-order valence-electron chi connectivity index (χ4n) is 2.09. The summed E-state index contributed by atoms with van der Waals surface area (Å²) < 4.78 is 10.7. The molecular formula is C18H23N3O4. The lowest BCUT2D eigenvalue weighted by atomic mass is 10.1. The van der Waals surface area contributed by atoms with E-state index < -0.39 is 23.3 Å². The molecule has 0 saturated carbocycles. The zero-order chi connectivity index (χ0) is 18.8. The zero-order valence-electron chi connectivity index (χ0n) is 15.3. The third kappa shape index (κ3) is 5.14. The largest absolute Gasteiger partial charge is 0.456 e. The van der Waals surface area contributed by atoms with E-state index in [4.69, 9.17) is 9.47 Å². The zero-order valence-corrected chi connectivity index (χ0v) is 15.3. The van der Waals surface area contributed by atoms with Crippen molar-refractivity contribution in [2.24, 2.45) is 0 Å². The van der Waals surface area contributed by atoms with E-state index in [0.717, 1.165) is 0 Å². The minimum atomic E-state index is -0.690. The highest BCUT2D eigenvalue weighted by atomic mass is 16.6. The van der Waals surface area contributed by atoms with Crippen molar-refractivity contribution in [2.45, 2.75) is 52.7 Å². The maximum Gasteiger partial charge on any atom is 0.412 e. The molecular weight excluding hydrogens is 322 g/mol. The van der Waals surface area contributed by atoms with Crippen molar-refractivity contribution in [3.63, 3.8) is 0 Å². The van der Waals surface area contributed by atoms with Crippen molar-refractivity contribution >= 4 is 28.8 Å². The number of esters is 1. The molecule has 2 aromatic rings. The van der Waals surface area contributed by atoms with Gasteiger partial charge in [0.1, 0.15) is 22.3 Å². The Labute approximate surface area is 146 Å². The van der Waals surface area contributed by atoms with Crippen LogP contribution in [0.5, 0.6) is 0 Å². The molecule has 0 spiro atoms. The Balaban J connectivity index is 2.47. The van der Waals surface area contributed by atoms with Crippen LogP contribution in [0.4, 0.5) is 10.5 Å². The smallest absolute Gasteiger partial charge is 0.412 e. The van der Waals surface area contributed by atoms with Crippen LogP contribution < -0.4 is 5.32 Å². The first-order chi connectivity index (χ1) is 11.5. The Morgan fingerprint density at radius 2 is 1.52 bits per heavy atom. The molecule has 1 N–H and O–H groups in total. The minimum Gasteiger partial charge on any atom is -0.456 e. The first kappa shape index (κ1) is 18.6. The number of nitrogens with one attached hydrogen (secondary N) is 1. The molecule has 0 aliphatic rings. The summed E-state index contributed by atoms with van der Waals surface area (Å²) >= 11 is 0. The van der Waals surface area contributed by atoms with E-state index in [-0.39, 0.29) is 11.3 Å². The quantitative estimate of drug-likeness (QED) is 0.829. The van der Waals surface area contributed by atoms with E-state index in [9.17, 15) is 9.59 Å². The molecule has 2 rings (SSSR count). The van der Waals surface area contributed by atoms with Gasteiger partial charge in [-0.15, -0.1) is 0 Å². The molecule has 0 bridgehead atoms. The fraction of sp³-hybridized carbons (Fsp3) is 0.444. The molecule has 0 aliphatic heterocycles. The van der Waals surface area contributed by atoms with Gasteiger partial charge >= 0.3 is 12.1 Å². The summed E-state index contributed by atoms with van der Waals surface area (Å²) in [6, 6.07) is 3.25. The summed E-state index contributed by atoms with van der Waals surface area (Å²) in [5.41, 5.74) is -0.0661. The van der Waals surface area contributed by atoms with Gasteiger partial charge in [0, 0.05) is 12.4 Å². The van der Waals surface area contributed by atoms with Crippen molar-refractivity contribution in [1.29, 1.82) is 0 Å².